The van der Waals surface area contributed by atoms with E-state index in [1.807, 2.05) is 43.3 Å². The number of rotatable bonds is 8. The fourth-order valence-corrected chi connectivity index (χ4v) is 4.37. The summed E-state index contributed by atoms with van der Waals surface area (Å²) in [5.41, 5.74) is 1.16. The predicted octanol–water partition coefficient (Wildman–Crippen LogP) is 3.23. The van der Waals surface area contributed by atoms with Gasteiger partial charge in [-0.2, -0.15) is 0 Å². The van der Waals surface area contributed by atoms with Crippen LogP contribution in [0.25, 0.3) is 0 Å². The number of carbonyl (C=O) groups excluding carboxylic acids is 2. The number of amides is 1. The highest BCUT2D eigenvalue weighted by atomic mass is 16.5. The standard InChI is InChI=1S/C25H32N2O3.C2H2O4/c1-3-23(28)27(22-14-8-5-9-15-22)25(24(29)30-2)16-19-26(20-17-25)18-10-13-21-11-6-4-7-12-21;3-1(4)2(5)6/h4-9,11-12,14-15H,3,10,13,16-20H2,1-2H3;(H,3,4)(H,5,6). The Kier molecular flexibility index (Phi) is 11.1. The summed E-state index contributed by atoms with van der Waals surface area (Å²) in [7, 11) is 1.41. The van der Waals surface area contributed by atoms with Crippen LogP contribution >= 0.6 is 0 Å². The summed E-state index contributed by atoms with van der Waals surface area (Å²) in [4.78, 5) is 48.2. The van der Waals surface area contributed by atoms with Crippen LogP contribution in [0.1, 0.15) is 38.2 Å². The Morgan fingerprint density at radius 2 is 1.44 bits per heavy atom. The summed E-state index contributed by atoms with van der Waals surface area (Å²) in [6.45, 7) is 4.36. The van der Waals surface area contributed by atoms with Crippen LogP contribution in [0.2, 0.25) is 0 Å². The fourth-order valence-electron chi connectivity index (χ4n) is 4.37. The van der Waals surface area contributed by atoms with Gasteiger partial charge in [-0.1, -0.05) is 55.5 Å². The summed E-state index contributed by atoms with van der Waals surface area (Å²) in [5.74, 6) is -4.02. The van der Waals surface area contributed by atoms with Crippen LogP contribution in [0.5, 0.6) is 0 Å². The highest BCUT2D eigenvalue weighted by Gasteiger charge is 2.49. The molecule has 2 N–H and O–H groups in total. The van der Waals surface area contributed by atoms with E-state index >= 15 is 0 Å². The van der Waals surface area contributed by atoms with Gasteiger partial charge in [-0.3, -0.25) is 9.69 Å². The largest absolute Gasteiger partial charge is 0.473 e. The van der Waals surface area contributed by atoms with Gasteiger partial charge in [-0.05, 0) is 49.9 Å². The molecule has 1 aliphatic rings. The van der Waals surface area contributed by atoms with Crippen LogP contribution in [0, 0.1) is 0 Å². The Morgan fingerprint density at radius 3 is 1.92 bits per heavy atom. The normalized spacial score (nSPS) is 14.6. The van der Waals surface area contributed by atoms with E-state index in [-0.39, 0.29) is 11.9 Å². The lowest BCUT2D eigenvalue weighted by molar-refractivity contribution is -0.159. The van der Waals surface area contributed by atoms with Crippen molar-refractivity contribution >= 4 is 29.5 Å². The first-order valence-corrected chi connectivity index (χ1v) is 11.9. The zero-order valence-electron chi connectivity index (χ0n) is 20.8. The van der Waals surface area contributed by atoms with Crippen molar-refractivity contribution in [3.8, 4) is 0 Å². The topological polar surface area (TPSA) is 124 Å². The molecule has 3 rings (SSSR count). The van der Waals surface area contributed by atoms with E-state index < -0.39 is 17.5 Å². The zero-order chi connectivity index (χ0) is 26.6. The van der Waals surface area contributed by atoms with E-state index in [0.29, 0.717) is 19.3 Å². The first-order valence-electron chi connectivity index (χ1n) is 11.9. The monoisotopic (exact) mass is 498 g/mol. The smallest absolute Gasteiger partial charge is 0.414 e. The van der Waals surface area contributed by atoms with Gasteiger partial charge in [0.2, 0.25) is 5.91 Å². The lowest BCUT2D eigenvalue weighted by Gasteiger charge is -2.46. The van der Waals surface area contributed by atoms with Gasteiger partial charge in [0, 0.05) is 25.2 Å². The third kappa shape index (κ3) is 7.64. The van der Waals surface area contributed by atoms with E-state index in [1.54, 1.807) is 4.90 Å². The number of esters is 1. The number of ether oxygens (including phenoxy) is 1. The van der Waals surface area contributed by atoms with Gasteiger partial charge in [0.15, 0.2) is 0 Å². The first-order chi connectivity index (χ1) is 17.2. The molecule has 0 saturated carbocycles. The molecule has 1 aliphatic heterocycles. The number of aryl methyl sites for hydroxylation is 1. The molecule has 2 aromatic carbocycles. The summed E-state index contributed by atoms with van der Waals surface area (Å²) in [6.07, 6.45) is 3.61. The Labute approximate surface area is 211 Å². The van der Waals surface area contributed by atoms with Crippen LogP contribution in [0.3, 0.4) is 0 Å². The molecule has 194 valence electrons. The third-order valence-electron chi connectivity index (χ3n) is 6.21. The van der Waals surface area contributed by atoms with Gasteiger partial charge < -0.3 is 19.8 Å². The Balaban J connectivity index is 0.000000678. The molecule has 2 aromatic rings. The van der Waals surface area contributed by atoms with Crippen LogP contribution in [0.15, 0.2) is 60.7 Å². The summed E-state index contributed by atoms with van der Waals surface area (Å²) in [5, 5.41) is 14.8. The number of likely N-dealkylation sites (tertiary alicyclic amines) is 1. The molecule has 36 heavy (non-hydrogen) atoms. The zero-order valence-corrected chi connectivity index (χ0v) is 20.8. The van der Waals surface area contributed by atoms with Crippen LogP contribution < -0.4 is 4.90 Å². The first kappa shape index (κ1) is 28.5. The number of anilines is 1. The number of carboxylic acid groups (broad SMARTS) is 2. The number of hydrogen-bond acceptors (Lipinski definition) is 6. The second-order valence-corrected chi connectivity index (χ2v) is 8.48. The summed E-state index contributed by atoms with van der Waals surface area (Å²) >= 11 is 0. The van der Waals surface area contributed by atoms with Crippen molar-refractivity contribution in [1.82, 2.24) is 4.90 Å². The highest BCUT2D eigenvalue weighted by molar-refractivity contribution is 6.27. The maximum absolute atomic E-state index is 13.0. The Hall–Kier alpha value is -3.72. The molecule has 1 heterocycles. The number of nitrogens with zero attached hydrogens (tertiary/aromatic N) is 2. The molecule has 1 amide bonds. The molecule has 1 saturated heterocycles. The SMILES string of the molecule is CCC(=O)N(c1ccccc1)C1(C(=O)OC)CCN(CCCc2ccccc2)CC1.O=C(O)C(=O)O. The van der Waals surface area contributed by atoms with Crippen LogP contribution in [-0.2, 0) is 30.3 Å². The van der Waals surface area contributed by atoms with Crippen molar-refractivity contribution in [2.45, 2.75) is 44.6 Å². The minimum absolute atomic E-state index is 0.0517. The van der Waals surface area contributed by atoms with E-state index in [1.165, 1.54) is 12.7 Å². The molecular formula is C27H34N2O7. The van der Waals surface area contributed by atoms with E-state index in [0.717, 1.165) is 38.2 Å². The molecule has 1 fully saturated rings. The van der Waals surface area contributed by atoms with Gasteiger partial charge in [0.05, 0.1) is 7.11 Å². The van der Waals surface area contributed by atoms with Crippen molar-refractivity contribution in [1.29, 1.82) is 0 Å². The molecule has 9 heteroatoms. The van der Waals surface area contributed by atoms with Gasteiger partial charge in [0.1, 0.15) is 5.54 Å². The fraction of sp³-hybridized carbons (Fsp3) is 0.407. The molecule has 0 atom stereocenters. The molecule has 0 spiro atoms. The van der Waals surface area contributed by atoms with Crippen molar-refractivity contribution in [3.63, 3.8) is 0 Å². The predicted molar refractivity (Wildman–Crippen MR) is 135 cm³/mol. The maximum Gasteiger partial charge on any atom is 0.414 e. The molecule has 0 radical (unpaired) electrons. The maximum atomic E-state index is 13.0. The third-order valence-corrected chi connectivity index (χ3v) is 6.21. The Bertz CT molecular complexity index is 991. The highest BCUT2D eigenvalue weighted by Crippen LogP contribution is 2.35. The molecule has 0 aromatic heterocycles. The summed E-state index contributed by atoms with van der Waals surface area (Å²) < 4.78 is 5.21. The number of carboxylic acids is 2. The number of hydrogen-bond donors (Lipinski definition) is 2. The summed E-state index contributed by atoms with van der Waals surface area (Å²) in [6, 6.07) is 20.0. The second-order valence-electron chi connectivity index (χ2n) is 8.48. The number of benzene rings is 2. The van der Waals surface area contributed by atoms with Gasteiger partial charge in [0.25, 0.3) is 0 Å². The van der Waals surface area contributed by atoms with E-state index in [9.17, 15) is 9.59 Å². The van der Waals surface area contributed by atoms with Crippen molar-refractivity contribution in [3.05, 3.63) is 66.2 Å². The van der Waals surface area contributed by atoms with Crippen LogP contribution in [0.4, 0.5) is 5.69 Å². The molecule has 0 bridgehead atoms. The molecular weight excluding hydrogens is 464 g/mol. The van der Waals surface area contributed by atoms with Crippen molar-refractivity contribution in [2.24, 2.45) is 0 Å². The average molecular weight is 499 g/mol. The minimum atomic E-state index is -1.82. The van der Waals surface area contributed by atoms with E-state index in [4.69, 9.17) is 24.5 Å². The van der Waals surface area contributed by atoms with E-state index in [2.05, 4.69) is 29.2 Å². The van der Waals surface area contributed by atoms with Crippen molar-refractivity contribution in [2.75, 3.05) is 31.6 Å². The number of para-hydroxylation sites is 1. The number of piperidine rings is 1. The van der Waals surface area contributed by atoms with Crippen molar-refractivity contribution < 1.29 is 34.1 Å². The number of methoxy groups -OCH3 is 1. The average Bonchev–Trinajstić information content (AvgIpc) is 2.90. The number of aliphatic carboxylic acids is 2. The molecule has 9 nitrogen and oxygen atoms in total. The lowest BCUT2D eigenvalue weighted by Crippen LogP contribution is -2.62. The number of carbonyl (C=O) groups is 4. The lowest BCUT2D eigenvalue weighted by atomic mass is 9.84. The van der Waals surface area contributed by atoms with Crippen LogP contribution in [-0.4, -0.2) is 71.2 Å². The quantitative estimate of drug-likeness (QED) is 0.420. The van der Waals surface area contributed by atoms with Gasteiger partial charge in [-0.25, -0.2) is 14.4 Å². The second kappa shape index (κ2) is 14.0. The minimum Gasteiger partial charge on any atom is -0.473 e. The molecule has 0 aliphatic carbocycles. The van der Waals surface area contributed by atoms with Gasteiger partial charge in [-0.15, -0.1) is 0 Å². The van der Waals surface area contributed by atoms with Gasteiger partial charge >= 0.3 is 17.9 Å². The molecule has 0 unspecified atom stereocenters. The Morgan fingerprint density at radius 1 is 0.917 bits per heavy atom.